The molecule has 14 heavy (non-hydrogen) atoms. The lowest BCUT2D eigenvalue weighted by Crippen LogP contribution is -2.17. The third kappa shape index (κ3) is 3.41. The van der Waals surface area contributed by atoms with E-state index in [0.29, 0.717) is 10.0 Å². The van der Waals surface area contributed by atoms with Gasteiger partial charge in [0.2, 0.25) is 0 Å². The molecule has 0 saturated heterocycles. The molecule has 1 aromatic rings. The Morgan fingerprint density at radius 1 is 1.29 bits per heavy atom. The Morgan fingerprint density at radius 3 is 2.43 bits per heavy atom. The number of ether oxygens (including phenoxy) is 1. The van der Waals surface area contributed by atoms with Gasteiger partial charge in [-0.1, -0.05) is 22.5 Å². The fraction of sp³-hybridized carbons (Fsp3) is 0.111. The average molecular weight is 266 g/mol. The first kappa shape index (κ1) is 11.1. The van der Waals surface area contributed by atoms with E-state index < -0.39 is 6.36 Å². The van der Waals surface area contributed by atoms with Crippen LogP contribution in [-0.2, 0) is 0 Å². The third-order valence-corrected chi connectivity index (χ3v) is 1.77. The molecule has 0 atom stereocenters. The number of halogens is 4. The second-order valence-electron chi connectivity index (χ2n) is 2.40. The standard InChI is InChI=1S/C9H5BrF3O/c1-2-6-3-7(10)5-8(4-6)14-9(11,12)13/h3-5H,1H2. The molecule has 0 N–H and O–H groups in total. The third-order valence-electron chi connectivity index (χ3n) is 1.31. The fourth-order valence-corrected chi connectivity index (χ4v) is 1.33. The van der Waals surface area contributed by atoms with E-state index in [4.69, 9.17) is 0 Å². The Bertz CT molecular complexity index is 346. The lowest BCUT2D eigenvalue weighted by atomic mass is 10.2. The number of benzene rings is 1. The zero-order chi connectivity index (χ0) is 10.8. The smallest absolute Gasteiger partial charge is 0.406 e. The Kier molecular flexibility index (Phi) is 3.21. The van der Waals surface area contributed by atoms with E-state index in [1.807, 2.05) is 0 Å². The van der Waals surface area contributed by atoms with Crippen LogP contribution in [0.4, 0.5) is 13.2 Å². The highest BCUT2D eigenvalue weighted by molar-refractivity contribution is 9.10. The zero-order valence-electron chi connectivity index (χ0n) is 6.86. The van der Waals surface area contributed by atoms with Crippen molar-refractivity contribution in [2.75, 3.05) is 0 Å². The SMILES string of the molecule is C=[C]c1cc(Br)cc(OC(F)(F)F)c1. The minimum atomic E-state index is -4.68. The van der Waals surface area contributed by atoms with Crippen LogP contribution in [0.3, 0.4) is 0 Å². The second-order valence-corrected chi connectivity index (χ2v) is 3.32. The van der Waals surface area contributed by atoms with Crippen LogP contribution in [0, 0.1) is 6.08 Å². The average Bonchev–Trinajstić information content (AvgIpc) is 1.99. The van der Waals surface area contributed by atoms with Gasteiger partial charge in [0, 0.05) is 4.47 Å². The molecule has 0 aliphatic carbocycles. The first-order valence-corrected chi connectivity index (χ1v) is 4.29. The van der Waals surface area contributed by atoms with Crippen LogP contribution in [0.15, 0.2) is 29.3 Å². The van der Waals surface area contributed by atoms with Gasteiger partial charge in [-0.2, -0.15) is 0 Å². The van der Waals surface area contributed by atoms with Crippen LogP contribution in [0.25, 0.3) is 0 Å². The molecule has 0 aliphatic rings. The molecule has 1 rings (SSSR count). The molecule has 0 heterocycles. The summed E-state index contributed by atoms with van der Waals surface area (Å²) in [4.78, 5) is 0. The van der Waals surface area contributed by atoms with Crippen molar-refractivity contribution >= 4 is 15.9 Å². The lowest BCUT2D eigenvalue weighted by Gasteiger charge is -2.09. The maximum absolute atomic E-state index is 11.8. The summed E-state index contributed by atoms with van der Waals surface area (Å²) in [6, 6.07) is 4.00. The van der Waals surface area contributed by atoms with Gasteiger partial charge in [0.25, 0.3) is 0 Å². The number of alkyl halides is 3. The topological polar surface area (TPSA) is 9.23 Å². The van der Waals surface area contributed by atoms with Gasteiger partial charge in [-0.05, 0) is 29.8 Å². The van der Waals surface area contributed by atoms with Gasteiger partial charge in [-0.25, -0.2) is 0 Å². The van der Waals surface area contributed by atoms with Crippen LogP contribution in [0.5, 0.6) is 5.75 Å². The van der Waals surface area contributed by atoms with Crippen molar-refractivity contribution in [1.82, 2.24) is 0 Å². The van der Waals surface area contributed by atoms with Crippen LogP contribution >= 0.6 is 15.9 Å². The highest BCUT2D eigenvalue weighted by atomic mass is 79.9. The molecule has 5 heteroatoms. The summed E-state index contributed by atoms with van der Waals surface area (Å²) in [5, 5.41) is 0. The van der Waals surface area contributed by atoms with E-state index in [1.54, 1.807) is 6.07 Å². The van der Waals surface area contributed by atoms with Crippen molar-refractivity contribution in [2.24, 2.45) is 0 Å². The maximum atomic E-state index is 11.8. The minimum absolute atomic E-state index is 0.293. The number of hydrogen-bond acceptors (Lipinski definition) is 1. The van der Waals surface area contributed by atoms with E-state index in [2.05, 4.69) is 33.3 Å². The molecule has 0 spiro atoms. The van der Waals surface area contributed by atoms with Crippen LogP contribution in [0.1, 0.15) is 5.56 Å². The molecule has 75 valence electrons. The minimum Gasteiger partial charge on any atom is -0.406 e. The predicted molar refractivity (Wildman–Crippen MR) is 48.8 cm³/mol. The summed E-state index contributed by atoms with van der Waals surface area (Å²) >= 11 is 3.05. The summed E-state index contributed by atoms with van der Waals surface area (Å²) in [6.45, 7) is 3.33. The second kappa shape index (κ2) is 4.04. The lowest BCUT2D eigenvalue weighted by molar-refractivity contribution is -0.274. The molecule has 0 aromatic heterocycles. The number of rotatable bonds is 2. The Morgan fingerprint density at radius 2 is 1.93 bits per heavy atom. The zero-order valence-corrected chi connectivity index (χ0v) is 8.45. The van der Waals surface area contributed by atoms with E-state index in [9.17, 15) is 13.2 Å². The van der Waals surface area contributed by atoms with Gasteiger partial charge in [-0.3, -0.25) is 0 Å². The van der Waals surface area contributed by atoms with Crippen LogP contribution in [-0.4, -0.2) is 6.36 Å². The maximum Gasteiger partial charge on any atom is 0.573 e. The summed E-state index contributed by atoms with van der Waals surface area (Å²) in [6.07, 6.45) is -2.21. The molecule has 0 bridgehead atoms. The highest BCUT2D eigenvalue weighted by Gasteiger charge is 2.31. The Hall–Kier alpha value is -0.970. The molecule has 1 radical (unpaired) electrons. The fourth-order valence-electron chi connectivity index (χ4n) is 0.857. The highest BCUT2D eigenvalue weighted by Crippen LogP contribution is 2.27. The van der Waals surface area contributed by atoms with Gasteiger partial charge in [-0.15, -0.1) is 13.2 Å². The van der Waals surface area contributed by atoms with E-state index in [1.165, 1.54) is 12.1 Å². The molecular weight excluding hydrogens is 261 g/mol. The van der Waals surface area contributed by atoms with Gasteiger partial charge < -0.3 is 4.74 Å². The van der Waals surface area contributed by atoms with Crippen molar-refractivity contribution in [3.05, 3.63) is 40.9 Å². The predicted octanol–water partition coefficient (Wildman–Crippen LogP) is 3.68. The summed E-state index contributed by atoms with van der Waals surface area (Å²) < 4.78 is 39.7. The van der Waals surface area contributed by atoms with Crippen molar-refractivity contribution in [3.8, 4) is 5.75 Å². The van der Waals surface area contributed by atoms with Crippen molar-refractivity contribution in [3.63, 3.8) is 0 Å². The molecule has 0 unspecified atom stereocenters. The molecule has 1 aromatic carbocycles. The largest absolute Gasteiger partial charge is 0.573 e. The van der Waals surface area contributed by atoms with Crippen LogP contribution < -0.4 is 4.74 Å². The van der Waals surface area contributed by atoms with Crippen molar-refractivity contribution < 1.29 is 17.9 Å². The molecule has 1 nitrogen and oxygen atoms in total. The molecule has 0 fully saturated rings. The summed E-state index contributed by atoms with van der Waals surface area (Å²) in [5.41, 5.74) is 0.429. The van der Waals surface area contributed by atoms with Gasteiger partial charge in [0.1, 0.15) is 5.75 Å². The summed E-state index contributed by atoms with van der Waals surface area (Å²) in [7, 11) is 0. The van der Waals surface area contributed by atoms with E-state index in [0.717, 1.165) is 0 Å². The monoisotopic (exact) mass is 265 g/mol. The first-order valence-electron chi connectivity index (χ1n) is 3.50. The quantitative estimate of drug-likeness (QED) is 0.793. The van der Waals surface area contributed by atoms with Crippen molar-refractivity contribution in [1.29, 1.82) is 0 Å². The molecular formula is C9H5BrF3O. The van der Waals surface area contributed by atoms with Gasteiger partial charge >= 0.3 is 6.36 Å². The number of hydrogen-bond donors (Lipinski definition) is 0. The first-order chi connectivity index (χ1) is 6.40. The molecule has 0 aliphatic heterocycles. The van der Waals surface area contributed by atoms with Crippen LogP contribution in [0.2, 0.25) is 0 Å². The molecule has 0 amide bonds. The van der Waals surface area contributed by atoms with Gasteiger partial charge in [0.05, 0.1) is 0 Å². The Balaban J connectivity index is 2.98. The van der Waals surface area contributed by atoms with E-state index in [-0.39, 0.29) is 5.75 Å². The summed E-state index contributed by atoms with van der Waals surface area (Å²) in [5.74, 6) is -0.293. The normalized spacial score (nSPS) is 11.1. The Labute approximate surface area is 87.3 Å². The van der Waals surface area contributed by atoms with E-state index >= 15 is 0 Å². The van der Waals surface area contributed by atoms with Crippen molar-refractivity contribution in [2.45, 2.75) is 6.36 Å². The van der Waals surface area contributed by atoms with Gasteiger partial charge in [0.15, 0.2) is 0 Å². The molecule has 0 saturated carbocycles.